The Morgan fingerprint density at radius 2 is 1.93 bits per heavy atom. The summed E-state index contributed by atoms with van der Waals surface area (Å²) in [5.74, 6) is 3.10. The molecule has 0 aromatic carbocycles. The van der Waals surface area contributed by atoms with E-state index in [1.165, 1.54) is 25.8 Å². The van der Waals surface area contributed by atoms with Crippen LogP contribution in [0.4, 0.5) is 0 Å². The zero-order chi connectivity index (χ0) is 10.2. The van der Waals surface area contributed by atoms with Crippen molar-refractivity contribution in [2.24, 2.45) is 23.2 Å². The first kappa shape index (κ1) is 10.5. The highest BCUT2D eigenvalue weighted by atomic mass is 14.9. The van der Waals surface area contributed by atoms with Gasteiger partial charge in [-0.05, 0) is 55.4 Å². The summed E-state index contributed by atoms with van der Waals surface area (Å²) in [7, 11) is 0. The molecule has 0 bridgehead atoms. The van der Waals surface area contributed by atoms with Crippen LogP contribution in [0, 0.1) is 23.2 Å². The second-order valence-electron chi connectivity index (χ2n) is 6.04. The molecule has 82 valence electrons. The maximum absolute atomic E-state index is 3.58. The number of fused-ring (bicyclic) bond motifs is 1. The molecular formula is C13H25N. The lowest BCUT2D eigenvalue weighted by atomic mass is 9.76. The highest BCUT2D eigenvalue weighted by molar-refractivity contribution is 5.04. The molecular weight excluding hydrogens is 170 g/mol. The van der Waals surface area contributed by atoms with E-state index in [-0.39, 0.29) is 0 Å². The second kappa shape index (κ2) is 3.84. The van der Waals surface area contributed by atoms with Crippen LogP contribution in [-0.2, 0) is 0 Å². The molecule has 0 heterocycles. The highest BCUT2D eigenvalue weighted by Gasteiger charge is 2.53. The maximum atomic E-state index is 3.58. The van der Waals surface area contributed by atoms with Crippen molar-refractivity contribution in [3.05, 3.63) is 0 Å². The van der Waals surface area contributed by atoms with Gasteiger partial charge in [-0.15, -0.1) is 0 Å². The third-order valence-corrected chi connectivity index (χ3v) is 4.05. The Morgan fingerprint density at radius 1 is 1.29 bits per heavy atom. The van der Waals surface area contributed by atoms with Crippen LogP contribution in [0.1, 0.15) is 46.5 Å². The summed E-state index contributed by atoms with van der Waals surface area (Å²) in [5.41, 5.74) is 0.678. The van der Waals surface area contributed by atoms with Crippen molar-refractivity contribution in [3.8, 4) is 0 Å². The molecule has 2 aliphatic rings. The Balaban J connectivity index is 1.91. The van der Waals surface area contributed by atoms with Crippen molar-refractivity contribution in [3.63, 3.8) is 0 Å². The van der Waals surface area contributed by atoms with Gasteiger partial charge in [0.1, 0.15) is 0 Å². The zero-order valence-corrected chi connectivity index (χ0v) is 9.97. The Kier molecular flexibility index (Phi) is 2.88. The standard InChI is InChI=1S/C13H25N/c1-4-14-9-13(6-10(2)3)7-11-5-12(11)8-13/h10-12,14H,4-9H2,1-3H3. The fourth-order valence-corrected chi connectivity index (χ4v) is 3.65. The van der Waals surface area contributed by atoms with E-state index in [0.717, 1.165) is 24.3 Å². The number of hydrogen-bond acceptors (Lipinski definition) is 1. The molecule has 0 aromatic heterocycles. The van der Waals surface area contributed by atoms with Crippen molar-refractivity contribution in [1.29, 1.82) is 0 Å². The van der Waals surface area contributed by atoms with Gasteiger partial charge in [0.05, 0.1) is 0 Å². The normalized spacial score (nSPS) is 40.3. The van der Waals surface area contributed by atoms with E-state index in [1.54, 1.807) is 6.42 Å². The SMILES string of the molecule is CCNCC1(CC(C)C)CC2CC2C1. The Morgan fingerprint density at radius 3 is 2.43 bits per heavy atom. The molecule has 14 heavy (non-hydrogen) atoms. The number of nitrogens with one attached hydrogen (secondary N) is 1. The van der Waals surface area contributed by atoms with Gasteiger partial charge in [-0.3, -0.25) is 0 Å². The van der Waals surface area contributed by atoms with Gasteiger partial charge < -0.3 is 5.32 Å². The molecule has 2 atom stereocenters. The monoisotopic (exact) mass is 195 g/mol. The van der Waals surface area contributed by atoms with Gasteiger partial charge in [-0.2, -0.15) is 0 Å². The van der Waals surface area contributed by atoms with Gasteiger partial charge in [0.15, 0.2) is 0 Å². The highest BCUT2D eigenvalue weighted by Crippen LogP contribution is 2.61. The molecule has 1 nitrogen and oxygen atoms in total. The van der Waals surface area contributed by atoms with Crippen LogP contribution in [0.25, 0.3) is 0 Å². The third kappa shape index (κ3) is 2.13. The number of rotatable bonds is 5. The molecule has 2 aliphatic carbocycles. The lowest BCUT2D eigenvalue weighted by molar-refractivity contribution is 0.202. The molecule has 2 fully saturated rings. The molecule has 0 radical (unpaired) electrons. The van der Waals surface area contributed by atoms with Gasteiger partial charge in [0.2, 0.25) is 0 Å². The minimum atomic E-state index is 0.678. The minimum absolute atomic E-state index is 0.678. The van der Waals surface area contributed by atoms with Gasteiger partial charge >= 0.3 is 0 Å². The average Bonchev–Trinajstić information content (AvgIpc) is 2.71. The minimum Gasteiger partial charge on any atom is -0.316 e. The predicted molar refractivity (Wildman–Crippen MR) is 61.3 cm³/mol. The third-order valence-electron chi connectivity index (χ3n) is 4.05. The molecule has 1 heteroatoms. The van der Waals surface area contributed by atoms with E-state index in [2.05, 4.69) is 26.1 Å². The van der Waals surface area contributed by atoms with Crippen LogP contribution in [-0.4, -0.2) is 13.1 Å². The van der Waals surface area contributed by atoms with Gasteiger partial charge in [0.25, 0.3) is 0 Å². The smallest absolute Gasteiger partial charge is 0.000800 e. The van der Waals surface area contributed by atoms with Crippen LogP contribution in [0.2, 0.25) is 0 Å². The van der Waals surface area contributed by atoms with Crippen LogP contribution < -0.4 is 5.32 Å². The summed E-state index contributed by atoms with van der Waals surface area (Å²) < 4.78 is 0. The second-order valence-corrected chi connectivity index (χ2v) is 6.04. The van der Waals surface area contributed by atoms with Crippen molar-refractivity contribution < 1.29 is 0 Å². The largest absolute Gasteiger partial charge is 0.316 e. The first-order valence-corrected chi connectivity index (χ1v) is 6.36. The van der Waals surface area contributed by atoms with Gasteiger partial charge in [-0.25, -0.2) is 0 Å². The van der Waals surface area contributed by atoms with Crippen LogP contribution in [0.15, 0.2) is 0 Å². The van der Waals surface area contributed by atoms with Gasteiger partial charge in [0, 0.05) is 6.54 Å². The molecule has 0 spiro atoms. The lowest BCUT2D eigenvalue weighted by Gasteiger charge is -2.33. The first-order valence-electron chi connectivity index (χ1n) is 6.36. The molecule has 2 rings (SSSR count). The first-order chi connectivity index (χ1) is 6.65. The van der Waals surface area contributed by atoms with E-state index in [1.807, 2.05) is 0 Å². The molecule has 2 unspecified atom stereocenters. The van der Waals surface area contributed by atoms with Crippen molar-refractivity contribution >= 4 is 0 Å². The molecule has 0 aliphatic heterocycles. The quantitative estimate of drug-likeness (QED) is 0.711. The van der Waals surface area contributed by atoms with Gasteiger partial charge in [-0.1, -0.05) is 20.8 Å². The molecule has 0 aromatic rings. The summed E-state index contributed by atoms with van der Waals surface area (Å²) in [4.78, 5) is 0. The van der Waals surface area contributed by atoms with Crippen molar-refractivity contribution in [1.82, 2.24) is 5.32 Å². The Hall–Kier alpha value is -0.0400. The van der Waals surface area contributed by atoms with Crippen LogP contribution >= 0.6 is 0 Å². The maximum Gasteiger partial charge on any atom is 0.000800 e. The molecule has 2 saturated carbocycles. The molecule has 1 N–H and O–H groups in total. The zero-order valence-electron chi connectivity index (χ0n) is 9.97. The van der Waals surface area contributed by atoms with Crippen molar-refractivity contribution in [2.75, 3.05) is 13.1 Å². The van der Waals surface area contributed by atoms with E-state index >= 15 is 0 Å². The van der Waals surface area contributed by atoms with Crippen molar-refractivity contribution in [2.45, 2.75) is 46.5 Å². The molecule has 0 saturated heterocycles. The summed E-state index contributed by atoms with van der Waals surface area (Å²) in [6.07, 6.45) is 6.02. The lowest BCUT2D eigenvalue weighted by Crippen LogP contribution is -2.34. The van der Waals surface area contributed by atoms with Crippen LogP contribution in [0.3, 0.4) is 0 Å². The summed E-state index contributed by atoms with van der Waals surface area (Å²) in [6.45, 7) is 9.37. The summed E-state index contributed by atoms with van der Waals surface area (Å²) in [6, 6.07) is 0. The van der Waals surface area contributed by atoms with E-state index in [0.29, 0.717) is 5.41 Å². The fraction of sp³-hybridized carbons (Fsp3) is 1.00. The topological polar surface area (TPSA) is 12.0 Å². The number of hydrogen-bond donors (Lipinski definition) is 1. The van der Waals surface area contributed by atoms with E-state index < -0.39 is 0 Å². The van der Waals surface area contributed by atoms with E-state index in [4.69, 9.17) is 0 Å². The van der Waals surface area contributed by atoms with E-state index in [9.17, 15) is 0 Å². The fourth-order valence-electron chi connectivity index (χ4n) is 3.65. The summed E-state index contributed by atoms with van der Waals surface area (Å²) in [5, 5.41) is 3.58. The average molecular weight is 195 g/mol. The molecule has 0 amide bonds. The summed E-state index contributed by atoms with van der Waals surface area (Å²) >= 11 is 0. The Bertz CT molecular complexity index is 187. The van der Waals surface area contributed by atoms with Crippen LogP contribution in [0.5, 0.6) is 0 Å². The predicted octanol–water partition coefficient (Wildman–Crippen LogP) is 3.06. The Labute approximate surface area is 88.7 Å².